The topological polar surface area (TPSA) is 68.9 Å². The highest BCUT2D eigenvalue weighted by Gasteiger charge is 2.36. The lowest BCUT2D eigenvalue weighted by atomic mass is 10.0. The highest BCUT2D eigenvalue weighted by atomic mass is 19.4. The third-order valence-electron chi connectivity index (χ3n) is 4.52. The summed E-state index contributed by atoms with van der Waals surface area (Å²) >= 11 is 0. The van der Waals surface area contributed by atoms with E-state index < -0.39 is 17.4 Å². The summed E-state index contributed by atoms with van der Waals surface area (Å²) in [6.45, 7) is 1.46. The molecule has 2 aromatic heterocycles. The first kappa shape index (κ1) is 17.9. The Morgan fingerprint density at radius 1 is 1.23 bits per heavy atom. The van der Waals surface area contributed by atoms with Gasteiger partial charge in [0.1, 0.15) is 17.7 Å². The quantitative estimate of drug-likeness (QED) is 0.836. The van der Waals surface area contributed by atoms with E-state index in [1.54, 1.807) is 36.6 Å². The van der Waals surface area contributed by atoms with E-state index in [0.29, 0.717) is 0 Å². The van der Waals surface area contributed by atoms with Gasteiger partial charge in [-0.2, -0.15) is 18.4 Å². The molecule has 0 amide bonds. The largest absolute Gasteiger partial charge is 0.434 e. The zero-order valence-electron chi connectivity index (χ0n) is 14.1. The summed E-state index contributed by atoms with van der Waals surface area (Å²) in [5.74, 6) is 1.01. The van der Waals surface area contributed by atoms with E-state index in [1.165, 1.54) is 12.1 Å². The number of anilines is 2. The van der Waals surface area contributed by atoms with E-state index in [9.17, 15) is 13.2 Å². The molecule has 6 nitrogen and oxygen atoms in total. The summed E-state index contributed by atoms with van der Waals surface area (Å²) in [6, 6.07) is 4.25. The number of pyridine rings is 1. The van der Waals surface area contributed by atoms with E-state index in [2.05, 4.69) is 19.9 Å². The van der Waals surface area contributed by atoms with Crippen molar-refractivity contribution < 1.29 is 13.2 Å². The van der Waals surface area contributed by atoms with Crippen LogP contribution in [0.4, 0.5) is 24.8 Å². The molecular formula is C17H17F3N6. The van der Waals surface area contributed by atoms with Crippen LogP contribution >= 0.6 is 0 Å². The van der Waals surface area contributed by atoms with E-state index in [1.807, 2.05) is 0 Å². The minimum Gasteiger partial charge on any atom is -0.357 e. The van der Waals surface area contributed by atoms with Crippen LogP contribution in [0, 0.1) is 11.3 Å². The van der Waals surface area contributed by atoms with Crippen LogP contribution in [0.25, 0.3) is 0 Å². The van der Waals surface area contributed by atoms with Gasteiger partial charge in [-0.15, -0.1) is 0 Å². The SMILES string of the molecule is CN(c1ccc(C#N)c(C(F)(F)F)n1)C1CCN(c2cnccn2)CC1. The van der Waals surface area contributed by atoms with Gasteiger partial charge in [0.05, 0.1) is 11.8 Å². The highest BCUT2D eigenvalue weighted by Crippen LogP contribution is 2.32. The van der Waals surface area contributed by atoms with Crippen molar-refractivity contribution in [3.05, 3.63) is 42.0 Å². The Hall–Kier alpha value is -2.89. The zero-order chi connectivity index (χ0) is 18.7. The molecule has 1 fully saturated rings. The molecule has 0 bridgehead atoms. The number of rotatable bonds is 3. The van der Waals surface area contributed by atoms with Crippen molar-refractivity contribution in [1.82, 2.24) is 15.0 Å². The van der Waals surface area contributed by atoms with Gasteiger partial charge >= 0.3 is 6.18 Å². The predicted octanol–water partition coefficient (Wildman–Crippen LogP) is 2.87. The van der Waals surface area contributed by atoms with Crippen molar-refractivity contribution in [1.29, 1.82) is 5.26 Å². The van der Waals surface area contributed by atoms with Crippen LogP contribution in [0.5, 0.6) is 0 Å². The second-order valence-corrected chi connectivity index (χ2v) is 6.07. The number of nitrogens with zero attached hydrogens (tertiary/aromatic N) is 6. The Labute approximate surface area is 148 Å². The lowest BCUT2D eigenvalue weighted by molar-refractivity contribution is -0.141. The van der Waals surface area contributed by atoms with Crippen molar-refractivity contribution in [3.63, 3.8) is 0 Å². The molecule has 0 unspecified atom stereocenters. The fraction of sp³-hybridized carbons (Fsp3) is 0.412. The van der Waals surface area contributed by atoms with E-state index in [0.717, 1.165) is 31.7 Å². The Kier molecular flexibility index (Phi) is 4.93. The maximum absolute atomic E-state index is 13.1. The smallest absolute Gasteiger partial charge is 0.357 e. The minimum absolute atomic E-state index is 0.0597. The molecule has 26 heavy (non-hydrogen) atoms. The number of alkyl halides is 3. The monoisotopic (exact) mass is 362 g/mol. The normalized spacial score (nSPS) is 15.6. The second-order valence-electron chi connectivity index (χ2n) is 6.07. The molecule has 136 valence electrons. The van der Waals surface area contributed by atoms with Gasteiger partial charge in [0.15, 0.2) is 5.69 Å². The van der Waals surface area contributed by atoms with Gasteiger partial charge in [-0.05, 0) is 25.0 Å². The molecule has 0 radical (unpaired) electrons. The molecule has 3 rings (SSSR count). The fourth-order valence-electron chi connectivity index (χ4n) is 3.08. The van der Waals surface area contributed by atoms with Crippen molar-refractivity contribution in [2.24, 2.45) is 0 Å². The van der Waals surface area contributed by atoms with Crippen molar-refractivity contribution in [3.8, 4) is 6.07 Å². The summed E-state index contributed by atoms with van der Waals surface area (Å²) in [6.07, 6.45) is 1.80. The molecule has 0 atom stereocenters. The van der Waals surface area contributed by atoms with Crippen molar-refractivity contribution in [2.45, 2.75) is 25.1 Å². The first-order valence-corrected chi connectivity index (χ1v) is 8.12. The Morgan fingerprint density at radius 2 is 1.96 bits per heavy atom. The first-order valence-electron chi connectivity index (χ1n) is 8.12. The lowest BCUT2D eigenvalue weighted by Crippen LogP contribution is -2.44. The zero-order valence-corrected chi connectivity index (χ0v) is 14.1. The van der Waals surface area contributed by atoms with Crippen LogP contribution in [0.15, 0.2) is 30.7 Å². The first-order chi connectivity index (χ1) is 12.4. The summed E-state index contributed by atoms with van der Waals surface area (Å²) < 4.78 is 39.3. The maximum atomic E-state index is 13.1. The molecule has 0 N–H and O–H groups in total. The standard InChI is InChI=1S/C17H17F3N6/c1-25(14-3-2-12(10-21)16(24-14)17(18,19)20)13-4-8-26(9-5-13)15-11-22-6-7-23-15/h2-3,6-7,11,13H,4-5,8-9H2,1H3. The minimum atomic E-state index is -4.66. The molecule has 3 heterocycles. The average molecular weight is 362 g/mol. The highest BCUT2D eigenvalue weighted by molar-refractivity contribution is 5.47. The predicted molar refractivity (Wildman–Crippen MR) is 89.6 cm³/mol. The van der Waals surface area contributed by atoms with Gasteiger partial charge in [0.2, 0.25) is 0 Å². The van der Waals surface area contributed by atoms with Gasteiger partial charge in [0.25, 0.3) is 0 Å². The van der Waals surface area contributed by atoms with Crippen molar-refractivity contribution in [2.75, 3.05) is 29.9 Å². The summed E-state index contributed by atoms with van der Waals surface area (Å²) in [5, 5.41) is 8.88. The molecular weight excluding hydrogens is 345 g/mol. The number of halogens is 3. The fourth-order valence-corrected chi connectivity index (χ4v) is 3.08. The van der Waals surface area contributed by atoms with Crippen LogP contribution in [0.2, 0.25) is 0 Å². The van der Waals surface area contributed by atoms with E-state index in [-0.39, 0.29) is 11.9 Å². The number of nitriles is 1. The van der Waals surface area contributed by atoms with E-state index >= 15 is 0 Å². The average Bonchev–Trinajstić information content (AvgIpc) is 2.67. The van der Waals surface area contributed by atoms with Gasteiger partial charge in [0, 0.05) is 38.6 Å². The van der Waals surface area contributed by atoms with Crippen LogP contribution in [-0.4, -0.2) is 41.1 Å². The van der Waals surface area contributed by atoms with Gasteiger partial charge < -0.3 is 9.80 Å². The van der Waals surface area contributed by atoms with Crippen LogP contribution in [0.3, 0.4) is 0 Å². The Balaban J connectivity index is 1.73. The van der Waals surface area contributed by atoms with Gasteiger partial charge in [-0.3, -0.25) is 4.98 Å². The molecule has 2 aromatic rings. The van der Waals surface area contributed by atoms with E-state index in [4.69, 9.17) is 5.26 Å². The summed E-state index contributed by atoms with van der Waals surface area (Å²) in [4.78, 5) is 15.9. The number of aromatic nitrogens is 3. The Morgan fingerprint density at radius 3 is 2.54 bits per heavy atom. The lowest BCUT2D eigenvalue weighted by Gasteiger charge is -2.37. The van der Waals surface area contributed by atoms with Crippen molar-refractivity contribution >= 4 is 11.6 Å². The number of hydrogen-bond donors (Lipinski definition) is 0. The third kappa shape index (κ3) is 3.69. The molecule has 0 saturated carbocycles. The molecule has 9 heteroatoms. The van der Waals surface area contributed by atoms with Crippen LogP contribution < -0.4 is 9.80 Å². The summed E-state index contributed by atoms with van der Waals surface area (Å²) in [7, 11) is 1.73. The Bertz CT molecular complexity index is 794. The third-order valence-corrected chi connectivity index (χ3v) is 4.52. The van der Waals surface area contributed by atoms with Gasteiger partial charge in [-0.1, -0.05) is 0 Å². The van der Waals surface area contributed by atoms with Gasteiger partial charge in [-0.25, -0.2) is 9.97 Å². The van der Waals surface area contributed by atoms with Crippen LogP contribution in [-0.2, 0) is 6.18 Å². The molecule has 0 spiro atoms. The molecule has 0 aromatic carbocycles. The van der Waals surface area contributed by atoms with Crippen LogP contribution in [0.1, 0.15) is 24.1 Å². The molecule has 0 aliphatic carbocycles. The summed E-state index contributed by atoms with van der Waals surface area (Å²) in [5.41, 5.74) is -1.60. The molecule has 1 aliphatic heterocycles. The number of hydrogen-bond acceptors (Lipinski definition) is 6. The molecule has 1 aliphatic rings. The maximum Gasteiger partial charge on any atom is 0.434 e. The number of piperidine rings is 1. The molecule has 1 saturated heterocycles. The second kappa shape index (κ2) is 7.15.